The van der Waals surface area contributed by atoms with Gasteiger partial charge < -0.3 is 14.5 Å². The van der Waals surface area contributed by atoms with Crippen LogP contribution in [0.25, 0.3) is 11.0 Å². The lowest BCUT2D eigenvalue weighted by molar-refractivity contribution is 0.102. The molecule has 3 rings (SSSR count). The van der Waals surface area contributed by atoms with Crippen LogP contribution in [0, 0.1) is 5.41 Å². The van der Waals surface area contributed by atoms with Crippen molar-refractivity contribution in [3.05, 3.63) is 64.7 Å². The molecule has 116 valence electrons. The molecule has 0 saturated carbocycles. The predicted molar refractivity (Wildman–Crippen MR) is 88.0 cm³/mol. The van der Waals surface area contributed by atoms with Crippen molar-refractivity contribution >= 4 is 34.2 Å². The Morgan fingerprint density at radius 1 is 1.22 bits per heavy atom. The van der Waals surface area contributed by atoms with Crippen molar-refractivity contribution in [3.8, 4) is 5.75 Å². The van der Waals surface area contributed by atoms with E-state index in [0.29, 0.717) is 27.4 Å². The van der Waals surface area contributed by atoms with Gasteiger partial charge in [0.25, 0.3) is 5.91 Å². The number of nitrogens with one attached hydrogen (secondary N) is 2. The Hall–Kier alpha value is -2.79. The van der Waals surface area contributed by atoms with Gasteiger partial charge >= 0.3 is 0 Å². The molecule has 6 heteroatoms. The Morgan fingerprint density at radius 3 is 2.78 bits per heavy atom. The lowest BCUT2D eigenvalue weighted by Gasteiger charge is -2.10. The van der Waals surface area contributed by atoms with Gasteiger partial charge in [-0.1, -0.05) is 23.7 Å². The summed E-state index contributed by atoms with van der Waals surface area (Å²) in [6, 6.07) is 13.6. The summed E-state index contributed by atoms with van der Waals surface area (Å²) in [4.78, 5) is 12.5. The summed E-state index contributed by atoms with van der Waals surface area (Å²) in [6.07, 6.45) is 0. The van der Waals surface area contributed by atoms with Crippen molar-refractivity contribution in [1.29, 1.82) is 5.41 Å². The summed E-state index contributed by atoms with van der Waals surface area (Å²) >= 11 is 5.95. The molecule has 5 nitrogen and oxygen atoms in total. The molecule has 0 bridgehead atoms. The average molecular weight is 329 g/mol. The minimum atomic E-state index is -0.454. The zero-order valence-electron chi connectivity index (χ0n) is 12.2. The van der Waals surface area contributed by atoms with Gasteiger partial charge in [0.05, 0.1) is 12.8 Å². The molecular weight excluding hydrogens is 316 g/mol. The van der Waals surface area contributed by atoms with Gasteiger partial charge in [-0.05, 0) is 36.4 Å². The monoisotopic (exact) mass is 328 g/mol. The average Bonchev–Trinajstić information content (AvgIpc) is 2.55. The lowest BCUT2D eigenvalue weighted by atomic mass is 10.1. The third kappa shape index (κ3) is 3.05. The van der Waals surface area contributed by atoms with Crippen LogP contribution in [-0.4, -0.2) is 13.0 Å². The molecule has 1 aromatic heterocycles. The van der Waals surface area contributed by atoms with E-state index in [4.69, 9.17) is 26.2 Å². The maximum absolute atomic E-state index is 12.5. The van der Waals surface area contributed by atoms with Crippen LogP contribution in [0.4, 0.5) is 5.69 Å². The van der Waals surface area contributed by atoms with Crippen LogP contribution in [0.2, 0.25) is 5.02 Å². The highest BCUT2D eigenvalue weighted by molar-refractivity contribution is 6.31. The normalized spacial score (nSPS) is 10.5. The van der Waals surface area contributed by atoms with E-state index in [0.717, 1.165) is 0 Å². The van der Waals surface area contributed by atoms with E-state index in [2.05, 4.69) is 5.32 Å². The van der Waals surface area contributed by atoms with Crippen molar-refractivity contribution in [2.24, 2.45) is 0 Å². The number of para-hydroxylation sites is 2. The topological polar surface area (TPSA) is 75.3 Å². The Balaban J connectivity index is 2.00. The van der Waals surface area contributed by atoms with E-state index in [1.54, 1.807) is 48.5 Å². The number of halogens is 1. The zero-order valence-corrected chi connectivity index (χ0v) is 13.0. The molecule has 0 spiro atoms. The number of amides is 1. The maximum Gasteiger partial charge on any atom is 0.261 e. The molecule has 2 N–H and O–H groups in total. The summed E-state index contributed by atoms with van der Waals surface area (Å²) in [6.45, 7) is 0. The van der Waals surface area contributed by atoms with E-state index >= 15 is 0 Å². The van der Waals surface area contributed by atoms with Crippen LogP contribution in [0.15, 0.2) is 52.9 Å². The summed E-state index contributed by atoms with van der Waals surface area (Å²) in [5.74, 6) is 0.0817. The van der Waals surface area contributed by atoms with Crippen LogP contribution in [0.3, 0.4) is 0 Å². The smallest absolute Gasteiger partial charge is 0.261 e. The van der Waals surface area contributed by atoms with Crippen LogP contribution < -0.4 is 15.6 Å². The second-order valence-corrected chi connectivity index (χ2v) is 5.26. The Kier molecular flexibility index (Phi) is 4.04. The number of carbonyl (C=O) groups is 1. The molecule has 1 heterocycles. The van der Waals surface area contributed by atoms with Gasteiger partial charge in [-0.25, -0.2) is 0 Å². The molecule has 3 aromatic rings. The van der Waals surface area contributed by atoms with E-state index in [1.165, 1.54) is 7.11 Å². The van der Waals surface area contributed by atoms with E-state index in [-0.39, 0.29) is 11.1 Å². The highest BCUT2D eigenvalue weighted by Gasteiger charge is 2.14. The quantitative estimate of drug-likeness (QED) is 0.767. The Morgan fingerprint density at radius 2 is 2.00 bits per heavy atom. The van der Waals surface area contributed by atoms with E-state index in [1.807, 2.05) is 0 Å². The number of benzene rings is 2. The Bertz CT molecular complexity index is 950. The molecule has 0 aliphatic carbocycles. The first-order chi connectivity index (χ1) is 11.1. The fourth-order valence-corrected chi connectivity index (χ4v) is 2.40. The third-order valence-corrected chi connectivity index (χ3v) is 3.56. The fraction of sp³-hybridized carbons (Fsp3) is 0.0588. The Labute approximate surface area is 137 Å². The van der Waals surface area contributed by atoms with Crippen LogP contribution in [0.1, 0.15) is 10.4 Å². The fourth-order valence-electron chi connectivity index (χ4n) is 2.22. The molecule has 0 fully saturated rings. The van der Waals surface area contributed by atoms with Gasteiger partial charge in [-0.15, -0.1) is 0 Å². The molecule has 0 radical (unpaired) electrons. The van der Waals surface area contributed by atoms with Crippen molar-refractivity contribution in [2.45, 2.75) is 0 Å². The number of ether oxygens (including phenoxy) is 1. The largest absolute Gasteiger partial charge is 0.495 e. The van der Waals surface area contributed by atoms with Gasteiger partial charge in [0.15, 0.2) is 0 Å². The summed E-state index contributed by atoms with van der Waals surface area (Å²) < 4.78 is 10.6. The highest BCUT2D eigenvalue weighted by Crippen LogP contribution is 2.24. The summed E-state index contributed by atoms with van der Waals surface area (Å²) in [5, 5.41) is 11.8. The first kappa shape index (κ1) is 15.1. The van der Waals surface area contributed by atoms with E-state index in [9.17, 15) is 4.79 Å². The second-order valence-electron chi connectivity index (χ2n) is 4.83. The van der Waals surface area contributed by atoms with Crippen molar-refractivity contribution in [1.82, 2.24) is 0 Å². The van der Waals surface area contributed by atoms with Crippen molar-refractivity contribution in [2.75, 3.05) is 12.4 Å². The van der Waals surface area contributed by atoms with Gasteiger partial charge in [0.1, 0.15) is 16.9 Å². The third-order valence-electron chi connectivity index (χ3n) is 3.33. The van der Waals surface area contributed by atoms with Crippen LogP contribution in [-0.2, 0) is 0 Å². The SMILES string of the molecule is COc1ccccc1NC(=O)c1cc2cc(Cl)ccc2oc1=N. The summed E-state index contributed by atoms with van der Waals surface area (Å²) in [5.41, 5.74) is 0.914. The van der Waals surface area contributed by atoms with Gasteiger partial charge in [-0.3, -0.25) is 10.2 Å². The van der Waals surface area contributed by atoms with Crippen LogP contribution in [0.5, 0.6) is 5.75 Å². The highest BCUT2D eigenvalue weighted by atomic mass is 35.5. The van der Waals surface area contributed by atoms with Gasteiger partial charge in [-0.2, -0.15) is 0 Å². The van der Waals surface area contributed by atoms with Crippen molar-refractivity contribution < 1.29 is 13.9 Å². The molecule has 0 aliphatic heterocycles. The minimum absolute atomic E-state index is 0.116. The molecule has 0 unspecified atom stereocenters. The zero-order chi connectivity index (χ0) is 16.4. The van der Waals surface area contributed by atoms with Crippen LogP contribution >= 0.6 is 11.6 Å². The predicted octanol–water partition coefficient (Wildman–Crippen LogP) is 3.83. The number of methoxy groups -OCH3 is 1. The van der Waals surface area contributed by atoms with E-state index < -0.39 is 5.91 Å². The molecule has 0 saturated heterocycles. The maximum atomic E-state index is 12.5. The number of hydrogen-bond acceptors (Lipinski definition) is 4. The standard InChI is InChI=1S/C17H13ClN2O3/c1-22-15-5-3-2-4-13(15)20-17(21)12-9-10-8-11(18)6-7-14(10)23-16(12)19/h2-9,19H,1H3,(H,20,21). The number of rotatable bonds is 3. The molecule has 23 heavy (non-hydrogen) atoms. The molecule has 1 amide bonds. The first-order valence-electron chi connectivity index (χ1n) is 6.81. The van der Waals surface area contributed by atoms with Gasteiger partial charge in [0, 0.05) is 10.4 Å². The number of anilines is 1. The van der Waals surface area contributed by atoms with Crippen molar-refractivity contribution in [3.63, 3.8) is 0 Å². The number of fused-ring (bicyclic) bond motifs is 1. The molecule has 0 atom stereocenters. The minimum Gasteiger partial charge on any atom is -0.495 e. The second kappa shape index (κ2) is 6.14. The molecular formula is C17H13ClN2O3. The summed E-state index contributed by atoms with van der Waals surface area (Å²) in [7, 11) is 1.52. The lowest BCUT2D eigenvalue weighted by Crippen LogP contribution is -2.21. The van der Waals surface area contributed by atoms with Gasteiger partial charge in [0.2, 0.25) is 5.55 Å². The molecule has 2 aromatic carbocycles. The number of carbonyl (C=O) groups excluding carboxylic acids is 1. The number of hydrogen-bond donors (Lipinski definition) is 2. The first-order valence-corrected chi connectivity index (χ1v) is 7.18. The molecule has 0 aliphatic rings.